The molecule has 0 aliphatic carbocycles. The van der Waals surface area contributed by atoms with Crippen LogP contribution >= 0.6 is 0 Å². The Morgan fingerprint density at radius 3 is 2.21 bits per heavy atom. The number of alkyl carbamates (subject to hydrolysis) is 1. The summed E-state index contributed by atoms with van der Waals surface area (Å²) in [4.78, 5) is 33.9. The first-order valence-corrected chi connectivity index (χ1v) is 6.09. The van der Waals surface area contributed by atoms with Crippen LogP contribution < -0.4 is 10.6 Å². The molecule has 7 heteroatoms. The minimum atomic E-state index is -0.657. The number of hydrogen-bond acceptors (Lipinski definition) is 5. The maximum absolute atomic E-state index is 11.6. The Kier molecular flexibility index (Phi) is 8.32. The maximum Gasteiger partial charge on any atom is 0.406 e. The van der Waals surface area contributed by atoms with Gasteiger partial charge < -0.3 is 20.1 Å². The second-order valence-electron chi connectivity index (χ2n) is 4.44. The number of carbonyl (C=O) groups is 3. The molecular formula is C12H22N2O5. The van der Waals surface area contributed by atoms with E-state index < -0.39 is 18.1 Å². The van der Waals surface area contributed by atoms with Crippen molar-refractivity contribution in [3.63, 3.8) is 0 Å². The number of amides is 2. The number of ether oxygens (including phenoxy) is 2. The van der Waals surface area contributed by atoms with Crippen LogP contribution in [0.5, 0.6) is 0 Å². The highest BCUT2D eigenvalue weighted by atomic mass is 16.5. The zero-order chi connectivity index (χ0) is 14.8. The van der Waals surface area contributed by atoms with Crippen LogP contribution in [0.1, 0.15) is 26.7 Å². The molecule has 2 amide bonds. The molecule has 0 aromatic heterocycles. The van der Waals surface area contributed by atoms with E-state index in [1.165, 1.54) is 14.2 Å². The number of nitrogens with one attached hydrogen (secondary N) is 2. The van der Waals surface area contributed by atoms with Crippen molar-refractivity contribution in [3.8, 4) is 0 Å². The fourth-order valence-electron chi connectivity index (χ4n) is 1.44. The van der Waals surface area contributed by atoms with E-state index in [2.05, 4.69) is 20.1 Å². The van der Waals surface area contributed by atoms with Gasteiger partial charge in [-0.25, -0.2) is 9.59 Å². The molecule has 0 aliphatic rings. The first-order valence-electron chi connectivity index (χ1n) is 6.09. The third-order valence-corrected chi connectivity index (χ3v) is 2.33. The molecule has 19 heavy (non-hydrogen) atoms. The first-order chi connectivity index (χ1) is 8.90. The fourth-order valence-corrected chi connectivity index (χ4v) is 1.44. The molecule has 0 spiro atoms. The van der Waals surface area contributed by atoms with Gasteiger partial charge in [0.2, 0.25) is 5.91 Å². The fraction of sp³-hybridized carbons (Fsp3) is 0.750. The van der Waals surface area contributed by atoms with Gasteiger partial charge in [-0.05, 0) is 12.3 Å². The Morgan fingerprint density at radius 2 is 1.74 bits per heavy atom. The van der Waals surface area contributed by atoms with Crippen molar-refractivity contribution in [1.29, 1.82) is 0 Å². The van der Waals surface area contributed by atoms with E-state index in [0.717, 1.165) is 0 Å². The maximum atomic E-state index is 11.6. The lowest BCUT2D eigenvalue weighted by atomic mass is 10.0. The number of rotatable bonds is 7. The van der Waals surface area contributed by atoms with Gasteiger partial charge in [0.15, 0.2) is 0 Å². The van der Waals surface area contributed by atoms with Gasteiger partial charge >= 0.3 is 12.1 Å². The van der Waals surface area contributed by atoms with E-state index in [1.807, 2.05) is 13.8 Å². The van der Waals surface area contributed by atoms with Crippen LogP contribution in [0.3, 0.4) is 0 Å². The number of esters is 1. The molecule has 0 saturated heterocycles. The van der Waals surface area contributed by atoms with E-state index in [1.54, 1.807) is 0 Å². The highest BCUT2D eigenvalue weighted by Gasteiger charge is 2.22. The molecule has 0 rings (SSSR count). The quantitative estimate of drug-likeness (QED) is 0.657. The molecule has 0 bridgehead atoms. The second kappa shape index (κ2) is 9.18. The number of carbonyl (C=O) groups excluding carboxylic acids is 3. The lowest BCUT2D eigenvalue weighted by Crippen LogP contribution is -2.43. The molecule has 2 N–H and O–H groups in total. The van der Waals surface area contributed by atoms with Crippen molar-refractivity contribution in [3.05, 3.63) is 0 Å². The normalized spacial score (nSPS) is 11.6. The van der Waals surface area contributed by atoms with E-state index in [0.29, 0.717) is 6.42 Å². The summed E-state index contributed by atoms with van der Waals surface area (Å²) in [5, 5.41) is 4.97. The molecule has 0 heterocycles. The SMILES string of the molecule is COC(=O)NCCC(=O)N[C@H](CC(C)C)C(=O)OC. The van der Waals surface area contributed by atoms with Crippen molar-refractivity contribution < 1.29 is 23.9 Å². The molecule has 0 aromatic rings. The average Bonchev–Trinajstić information content (AvgIpc) is 2.36. The van der Waals surface area contributed by atoms with E-state index in [4.69, 9.17) is 0 Å². The van der Waals surface area contributed by atoms with E-state index in [9.17, 15) is 14.4 Å². The molecule has 0 aliphatic heterocycles. The summed E-state index contributed by atoms with van der Waals surface area (Å²) in [6, 6.07) is -0.657. The Hall–Kier alpha value is -1.79. The van der Waals surface area contributed by atoms with Crippen LogP contribution in [0, 0.1) is 5.92 Å². The molecule has 0 radical (unpaired) electrons. The molecule has 0 aromatic carbocycles. The summed E-state index contributed by atoms with van der Waals surface area (Å²) >= 11 is 0. The molecule has 0 saturated carbocycles. The van der Waals surface area contributed by atoms with Gasteiger partial charge in [-0.3, -0.25) is 4.79 Å². The van der Waals surface area contributed by atoms with Gasteiger partial charge in [-0.15, -0.1) is 0 Å². The summed E-state index contributed by atoms with van der Waals surface area (Å²) in [7, 11) is 2.52. The molecule has 0 unspecified atom stereocenters. The number of methoxy groups -OCH3 is 2. The van der Waals surface area contributed by atoms with Crippen molar-refractivity contribution in [1.82, 2.24) is 10.6 Å². The van der Waals surface area contributed by atoms with Crippen LogP contribution in [0.25, 0.3) is 0 Å². The summed E-state index contributed by atoms with van der Waals surface area (Å²) in [5.74, 6) is -0.548. The second-order valence-corrected chi connectivity index (χ2v) is 4.44. The Bertz CT molecular complexity index is 317. The van der Waals surface area contributed by atoms with Crippen molar-refractivity contribution >= 4 is 18.0 Å². The minimum absolute atomic E-state index is 0.0701. The van der Waals surface area contributed by atoms with Crippen LogP contribution in [-0.4, -0.2) is 44.8 Å². The van der Waals surface area contributed by atoms with Crippen LogP contribution in [0.2, 0.25) is 0 Å². The molecule has 7 nitrogen and oxygen atoms in total. The molecular weight excluding hydrogens is 252 g/mol. The van der Waals surface area contributed by atoms with Gasteiger partial charge in [0.1, 0.15) is 6.04 Å². The standard InChI is InChI=1S/C12H22N2O5/c1-8(2)7-9(11(16)18-3)14-10(15)5-6-13-12(17)19-4/h8-9H,5-7H2,1-4H3,(H,13,17)(H,14,15)/t9-/m1/s1. The van der Waals surface area contributed by atoms with Crippen LogP contribution in [-0.2, 0) is 19.1 Å². The summed E-state index contributed by atoms with van der Waals surface area (Å²) in [6.45, 7) is 4.04. The van der Waals surface area contributed by atoms with Crippen LogP contribution in [0.15, 0.2) is 0 Å². The summed E-state index contributed by atoms with van der Waals surface area (Å²) in [5.41, 5.74) is 0. The zero-order valence-electron chi connectivity index (χ0n) is 11.8. The summed E-state index contributed by atoms with van der Waals surface area (Å²) < 4.78 is 9.00. The van der Waals surface area contributed by atoms with Crippen molar-refractivity contribution in [2.75, 3.05) is 20.8 Å². The van der Waals surface area contributed by atoms with Crippen molar-refractivity contribution in [2.24, 2.45) is 5.92 Å². The first kappa shape index (κ1) is 17.2. The number of hydrogen-bond donors (Lipinski definition) is 2. The monoisotopic (exact) mass is 274 g/mol. The van der Waals surface area contributed by atoms with Crippen LogP contribution in [0.4, 0.5) is 4.79 Å². The largest absolute Gasteiger partial charge is 0.467 e. The molecule has 110 valence electrons. The lowest BCUT2D eigenvalue weighted by molar-refractivity contribution is -0.145. The zero-order valence-corrected chi connectivity index (χ0v) is 11.8. The molecule has 0 fully saturated rings. The highest BCUT2D eigenvalue weighted by molar-refractivity contribution is 5.84. The smallest absolute Gasteiger partial charge is 0.406 e. The lowest BCUT2D eigenvalue weighted by Gasteiger charge is -2.18. The topological polar surface area (TPSA) is 93.7 Å². The minimum Gasteiger partial charge on any atom is -0.467 e. The van der Waals surface area contributed by atoms with Gasteiger partial charge in [0.05, 0.1) is 14.2 Å². The van der Waals surface area contributed by atoms with Gasteiger partial charge in [0.25, 0.3) is 0 Å². The third kappa shape index (κ3) is 8.01. The van der Waals surface area contributed by atoms with E-state index >= 15 is 0 Å². The van der Waals surface area contributed by atoms with E-state index in [-0.39, 0.29) is 24.8 Å². The average molecular weight is 274 g/mol. The van der Waals surface area contributed by atoms with Gasteiger partial charge in [-0.2, -0.15) is 0 Å². The van der Waals surface area contributed by atoms with Crippen molar-refractivity contribution in [2.45, 2.75) is 32.7 Å². The predicted octanol–water partition coefficient (Wildman–Crippen LogP) is 0.436. The Balaban J connectivity index is 4.16. The molecule has 1 atom stereocenters. The van der Waals surface area contributed by atoms with Gasteiger partial charge in [-0.1, -0.05) is 13.8 Å². The summed E-state index contributed by atoms with van der Waals surface area (Å²) in [6.07, 6.45) is -0.0247. The highest BCUT2D eigenvalue weighted by Crippen LogP contribution is 2.06. The third-order valence-electron chi connectivity index (χ3n) is 2.33. The predicted molar refractivity (Wildman–Crippen MR) is 68.4 cm³/mol. The van der Waals surface area contributed by atoms with Gasteiger partial charge in [0, 0.05) is 13.0 Å². The Labute approximate surface area is 113 Å². The Morgan fingerprint density at radius 1 is 1.11 bits per heavy atom.